The highest BCUT2D eigenvalue weighted by Gasteiger charge is 2.08. The lowest BCUT2D eigenvalue weighted by Crippen LogP contribution is -2.25. The molecule has 0 bridgehead atoms. The minimum absolute atomic E-state index is 0.105. The first-order valence-corrected chi connectivity index (χ1v) is 5.78. The van der Waals surface area contributed by atoms with E-state index in [2.05, 4.69) is 15.3 Å². The van der Waals surface area contributed by atoms with Crippen molar-refractivity contribution in [3.05, 3.63) is 47.4 Å². The molecule has 0 saturated carbocycles. The van der Waals surface area contributed by atoms with Gasteiger partial charge in [-0.2, -0.15) is 0 Å². The molecule has 0 radical (unpaired) electrons. The Bertz CT molecular complexity index is 534. The molecule has 0 fully saturated rings. The molecule has 0 aromatic carbocycles. The maximum Gasteiger partial charge on any atom is 0.251 e. The van der Waals surface area contributed by atoms with Crippen molar-refractivity contribution in [1.82, 2.24) is 15.3 Å². The van der Waals surface area contributed by atoms with Crippen LogP contribution >= 0.6 is 0 Å². The van der Waals surface area contributed by atoms with Crippen LogP contribution in [0.4, 0.5) is 0 Å². The minimum atomic E-state index is -0.105. The van der Waals surface area contributed by atoms with Gasteiger partial charge in [0.2, 0.25) is 0 Å². The van der Waals surface area contributed by atoms with Gasteiger partial charge in [-0.1, -0.05) is 0 Å². The van der Waals surface area contributed by atoms with Gasteiger partial charge in [0, 0.05) is 37.8 Å². The Kier molecular flexibility index (Phi) is 3.72. The minimum Gasteiger partial charge on any atom is -0.446 e. The van der Waals surface area contributed by atoms with Crippen molar-refractivity contribution in [2.45, 2.75) is 20.3 Å². The summed E-state index contributed by atoms with van der Waals surface area (Å²) in [5, 5.41) is 2.83. The molecule has 0 unspecified atom stereocenters. The molecule has 0 atom stereocenters. The first-order valence-electron chi connectivity index (χ1n) is 5.78. The van der Waals surface area contributed by atoms with Crippen molar-refractivity contribution in [2.24, 2.45) is 0 Å². The second-order valence-electron chi connectivity index (χ2n) is 3.98. The van der Waals surface area contributed by atoms with Gasteiger partial charge < -0.3 is 9.73 Å². The van der Waals surface area contributed by atoms with E-state index in [4.69, 9.17) is 4.42 Å². The largest absolute Gasteiger partial charge is 0.446 e. The Morgan fingerprint density at radius 2 is 2.06 bits per heavy atom. The highest BCUT2D eigenvalue weighted by Crippen LogP contribution is 2.09. The van der Waals surface area contributed by atoms with E-state index in [-0.39, 0.29) is 5.91 Å². The first kappa shape index (κ1) is 12.3. The van der Waals surface area contributed by atoms with E-state index in [9.17, 15) is 4.79 Å². The monoisotopic (exact) mass is 245 g/mol. The Morgan fingerprint density at radius 3 is 2.67 bits per heavy atom. The summed E-state index contributed by atoms with van der Waals surface area (Å²) in [5.74, 6) is 1.37. The summed E-state index contributed by atoms with van der Waals surface area (Å²) in [4.78, 5) is 19.8. The van der Waals surface area contributed by atoms with Gasteiger partial charge in [0.1, 0.15) is 5.76 Å². The summed E-state index contributed by atoms with van der Waals surface area (Å²) < 4.78 is 5.43. The quantitative estimate of drug-likeness (QED) is 0.889. The molecule has 0 spiro atoms. The number of amides is 1. The number of carbonyl (C=O) groups excluding carboxylic acids is 1. The van der Waals surface area contributed by atoms with Crippen LogP contribution in [0, 0.1) is 13.8 Å². The zero-order chi connectivity index (χ0) is 13.0. The van der Waals surface area contributed by atoms with Crippen molar-refractivity contribution in [1.29, 1.82) is 0 Å². The van der Waals surface area contributed by atoms with Gasteiger partial charge in [0.25, 0.3) is 5.91 Å². The fraction of sp³-hybridized carbons (Fsp3) is 0.308. The number of hydrogen-bond donors (Lipinski definition) is 1. The predicted octanol–water partition coefficient (Wildman–Crippen LogP) is 1.66. The first-order chi connectivity index (χ1) is 8.66. The smallest absolute Gasteiger partial charge is 0.251 e. The summed E-state index contributed by atoms with van der Waals surface area (Å²) in [6.07, 6.45) is 3.83. The highest BCUT2D eigenvalue weighted by atomic mass is 16.4. The van der Waals surface area contributed by atoms with Crippen LogP contribution in [0.2, 0.25) is 0 Å². The number of hydrogen-bond acceptors (Lipinski definition) is 4. The Morgan fingerprint density at radius 1 is 1.33 bits per heavy atom. The second-order valence-corrected chi connectivity index (χ2v) is 3.98. The van der Waals surface area contributed by atoms with Gasteiger partial charge in [-0.15, -0.1) is 0 Å². The Labute approximate surface area is 105 Å². The molecule has 0 aliphatic carbocycles. The molecule has 0 aliphatic heterocycles. The van der Waals surface area contributed by atoms with Crippen molar-refractivity contribution in [3.8, 4) is 0 Å². The topological polar surface area (TPSA) is 68.0 Å². The van der Waals surface area contributed by atoms with Crippen molar-refractivity contribution < 1.29 is 9.21 Å². The molecular formula is C13H15N3O2. The van der Waals surface area contributed by atoms with Gasteiger partial charge >= 0.3 is 0 Å². The van der Waals surface area contributed by atoms with Crippen LogP contribution in [-0.2, 0) is 6.42 Å². The van der Waals surface area contributed by atoms with Crippen LogP contribution in [0.5, 0.6) is 0 Å². The molecule has 2 aromatic heterocycles. The lowest BCUT2D eigenvalue weighted by molar-refractivity contribution is 0.0953. The molecule has 94 valence electrons. The van der Waals surface area contributed by atoms with Crippen LogP contribution in [-0.4, -0.2) is 22.4 Å². The van der Waals surface area contributed by atoms with E-state index >= 15 is 0 Å². The van der Waals surface area contributed by atoms with E-state index in [0.29, 0.717) is 24.4 Å². The number of nitrogens with one attached hydrogen (secondary N) is 1. The molecule has 1 amide bonds. The number of oxazole rings is 1. The van der Waals surface area contributed by atoms with Gasteiger partial charge in [-0.25, -0.2) is 4.98 Å². The maximum atomic E-state index is 11.7. The molecule has 2 heterocycles. The molecule has 18 heavy (non-hydrogen) atoms. The second kappa shape index (κ2) is 5.44. The number of pyridine rings is 1. The number of aromatic nitrogens is 2. The zero-order valence-electron chi connectivity index (χ0n) is 10.4. The van der Waals surface area contributed by atoms with Crippen LogP contribution in [0.3, 0.4) is 0 Å². The summed E-state index contributed by atoms with van der Waals surface area (Å²) in [7, 11) is 0. The highest BCUT2D eigenvalue weighted by molar-refractivity contribution is 5.93. The van der Waals surface area contributed by atoms with Crippen LogP contribution in [0.25, 0.3) is 0 Å². The Hall–Kier alpha value is -2.17. The molecular weight excluding hydrogens is 230 g/mol. The molecule has 1 N–H and O–H groups in total. The number of carbonyl (C=O) groups is 1. The summed E-state index contributed by atoms with van der Waals surface area (Å²) in [6.45, 7) is 4.24. The normalized spacial score (nSPS) is 10.3. The Balaban J connectivity index is 1.86. The van der Waals surface area contributed by atoms with Gasteiger partial charge in [-0.3, -0.25) is 9.78 Å². The van der Waals surface area contributed by atoms with Gasteiger partial charge in [-0.05, 0) is 19.1 Å². The lowest BCUT2D eigenvalue weighted by Gasteiger charge is -2.03. The third-order valence-electron chi connectivity index (χ3n) is 2.58. The number of nitrogens with zero attached hydrogens (tertiary/aromatic N) is 2. The third-order valence-corrected chi connectivity index (χ3v) is 2.58. The van der Waals surface area contributed by atoms with E-state index in [0.717, 1.165) is 11.5 Å². The van der Waals surface area contributed by atoms with Crippen molar-refractivity contribution in [3.63, 3.8) is 0 Å². The molecule has 0 saturated heterocycles. The summed E-state index contributed by atoms with van der Waals surface area (Å²) in [5.41, 5.74) is 1.49. The standard InChI is InChI=1S/C13H15N3O2/c1-9-12(18-10(2)16-9)5-8-15-13(17)11-3-6-14-7-4-11/h3-4,6-7H,5,8H2,1-2H3,(H,15,17). The average Bonchev–Trinajstić information content (AvgIpc) is 2.69. The predicted molar refractivity (Wildman–Crippen MR) is 66.3 cm³/mol. The number of rotatable bonds is 4. The summed E-state index contributed by atoms with van der Waals surface area (Å²) >= 11 is 0. The molecule has 2 aromatic rings. The zero-order valence-corrected chi connectivity index (χ0v) is 10.4. The van der Waals surface area contributed by atoms with Crippen LogP contribution in [0.1, 0.15) is 27.7 Å². The maximum absolute atomic E-state index is 11.7. The molecule has 0 aliphatic rings. The van der Waals surface area contributed by atoms with Gasteiger partial charge in [0.05, 0.1) is 5.69 Å². The van der Waals surface area contributed by atoms with Crippen molar-refractivity contribution >= 4 is 5.91 Å². The molecule has 5 heteroatoms. The van der Waals surface area contributed by atoms with E-state index in [1.807, 2.05) is 13.8 Å². The van der Waals surface area contributed by atoms with E-state index in [1.165, 1.54) is 0 Å². The molecule has 2 rings (SSSR count). The molecule has 5 nitrogen and oxygen atoms in total. The number of aryl methyl sites for hydroxylation is 2. The fourth-order valence-electron chi connectivity index (χ4n) is 1.70. The van der Waals surface area contributed by atoms with Crippen molar-refractivity contribution in [2.75, 3.05) is 6.54 Å². The summed E-state index contributed by atoms with van der Waals surface area (Å²) in [6, 6.07) is 3.36. The van der Waals surface area contributed by atoms with Gasteiger partial charge in [0.15, 0.2) is 5.89 Å². The average molecular weight is 245 g/mol. The lowest BCUT2D eigenvalue weighted by atomic mass is 10.2. The van der Waals surface area contributed by atoms with Crippen LogP contribution in [0.15, 0.2) is 28.9 Å². The van der Waals surface area contributed by atoms with E-state index in [1.54, 1.807) is 24.5 Å². The fourth-order valence-corrected chi connectivity index (χ4v) is 1.70. The SMILES string of the molecule is Cc1nc(C)c(CCNC(=O)c2ccncc2)o1. The van der Waals surface area contributed by atoms with Crippen LogP contribution < -0.4 is 5.32 Å². The third kappa shape index (κ3) is 2.94. The van der Waals surface area contributed by atoms with E-state index < -0.39 is 0 Å².